The predicted octanol–water partition coefficient (Wildman–Crippen LogP) is 0.944. The van der Waals surface area contributed by atoms with Crippen LogP contribution in [0.4, 0.5) is 0 Å². The lowest BCUT2D eigenvalue weighted by Crippen LogP contribution is -2.49. The topological polar surface area (TPSA) is 54.3 Å². The van der Waals surface area contributed by atoms with Crippen molar-refractivity contribution >= 4 is 5.91 Å². The number of hydrogen-bond donors (Lipinski definition) is 0. The summed E-state index contributed by atoms with van der Waals surface area (Å²) in [5.41, 5.74) is 0.688. The first-order valence-electron chi connectivity index (χ1n) is 7.03. The van der Waals surface area contributed by atoms with Gasteiger partial charge in [0.25, 0.3) is 5.91 Å². The van der Waals surface area contributed by atoms with Crippen LogP contribution >= 0.6 is 0 Å². The minimum Gasteiger partial charge on any atom is -0.337 e. The molecule has 2 aromatic heterocycles. The van der Waals surface area contributed by atoms with Crippen molar-refractivity contribution in [2.75, 3.05) is 26.7 Å². The molecule has 0 aromatic carbocycles. The van der Waals surface area contributed by atoms with Gasteiger partial charge in [-0.3, -0.25) is 14.7 Å². The smallest absolute Gasteiger partial charge is 0.254 e. The van der Waals surface area contributed by atoms with Crippen molar-refractivity contribution in [2.24, 2.45) is 7.05 Å². The summed E-state index contributed by atoms with van der Waals surface area (Å²) in [5, 5.41) is 0. The first-order chi connectivity index (χ1) is 10.2. The van der Waals surface area contributed by atoms with Gasteiger partial charge in [-0.1, -0.05) is 0 Å². The number of carbonyl (C=O) groups excluding carboxylic acids is 1. The molecule has 1 fully saturated rings. The van der Waals surface area contributed by atoms with E-state index in [1.807, 2.05) is 22.7 Å². The van der Waals surface area contributed by atoms with Gasteiger partial charge in [0.1, 0.15) is 5.82 Å². The first kappa shape index (κ1) is 13.8. The van der Waals surface area contributed by atoms with Gasteiger partial charge in [0.2, 0.25) is 0 Å². The Hall–Kier alpha value is -2.21. The lowest BCUT2D eigenvalue weighted by atomic mass is 10.1. The Bertz CT molecular complexity index is 624. The van der Waals surface area contributed by atoms with Gasteiger partial charge in [-0.25, -0.2) is 4.98 Å². The number of carbonyl (C=O) groups is 1. The number of amides is 1. The largest absolute Gasteiger partial charge is 0.337 e. The van der Waals surface area contributed by atoms with Gasteiger partial charge >= 0.3 is 0 Å². The molecule has 110 valence electrons. The van der Waals surface area contributed by atoms with Crippen molar-refractivity contribution in [3.63, 3.8) is 0 Å². The zero-order valence-electron chi connectivity index (χ0n) is 12.3. The molecule has 0 aliphatic carbocycles. The second-order valence-electron chi connectivity index (χ2n) is 5.38. The standard InChI is InChI=1S/C15H19N5O/c1-18-9-10-20(15(21)12-3-5-16-6-4-12)11-13(18)14-17-7-8-19(14)2/h3-8,13H,9-11H2,1-2H3/t13-/m1/s1. The molecule has 0 unspecified atom stereocenters. The quantitative estimate of drug-likeness (QED) is 0.824. The van der Waals surface area contributed by atoms with Crippen LogP contribution in [-0.4, -0.2) is 56.9 Å². The Morgan fingerprint density at radius 3 is 2.62 bits per heavy atom. The second kappa shape index (κ2) is 5.65. The highest BCUT2D eigenvalue weighted by Gasteiger charge is 2.30. The highest BCUT2D eigenvalue weighted by Crippen LogP contribution is 2.23. The maximum atomic E-state index is 12.6. The van der Waals surface area contributed by atoms with Crippen molar-refractivity contribution in [3.8, 4) is 0 Å². The Kier molecular flexibility index (Phi) is 3.70. The van der Waals surface area contributed by atoms with Crippen LogP contribution in [0.15, 0.2) is 36.9 Å². The fourth-order valence-electron chi connectivity index (χ4n) is 2.71. The number of pyridine rings is 1. The van der Waals surface area contributed by atoms with E-state index in [1.54, 1.807) is 30.7 Å². The van der Waals surface area contributed by atoms with E-state index >= 15 is 0 Å². The van der Waals surface area contributed by atoms with Crippen molar-refractivity contribution in [1.29, 1.82) is 0 Å². The molecule has 6 nitrogen and oxygen atoms in total. The third-order valence-corrected chi connectivity index (χ3v) is 4.02. The van der Waals surface area contributed by atoms with Gasteiger partial charge in [0, 0.05) is 57.0 Å². The SMILES string of the molecule is CN1CCN(C(=O)c2ccncc2)C[C@@H]1c1nccn1C. The van der Waals surface area contributed by atoms with E-state index in [9.17, 15) is 4.79 Å². The number of nitrogens with zero attached hydrogens (tertiary/aromatic N) is 5. The monoisotopic (exact) mass is 285 g/mol. The Morgan fingerprint density at radius 1 is 1.19 bits per heavy atom. The summed E-state index contributed by atoms with van der Waals surface area (Å²) in [4.78, 5) is 25.1. The predicted molar refractivity (Wildman–Crippen MR) is 78.7 cm³/mol. The van der Waals surface area contributed by atoms with Crippen LogP contribution in [0.3, 0.4) is 0 Å². The Labute approximate surface area is 124 Å². The Balaban J connectivity index is 1.80. The van der Waals surface area contributed by atoms with Gasteiger partial charge in [-0.15, -0.1) is 0 Å². The van der Waals surface area contributed by atoms with Gasteiger partial charge in [-0.2, -0.15) is 0 Å². The minimum atomic E-state index is 0.0599. The number of piperazine rings is 1. The average molecular weight is 285 g/mol. The molecule has 3 rings (SSSR count). The van der Waals surface area contributed by atoms with Crippen molar-refractivity contribution in [1.82, 2.24) is 24.3 Å². The van der Waals surface area contributed by atoms with E-state index in [2.05, 4.69) is 21.9 Å². The molecular formula is C15H19N5O. The van der Waals surface area contributed by atoms with E-state index in [-0.39, 0.29) is 11.9 Å². The summed E-state index contributed by atoms with van der Waals surface area (Å²) < 4.78 is 2.02. The second-order valence-corrected chi connectivity index (χ2v) is 5.38. The molecule has 1 amide bonds. The summed E-state index contributed by atoms with van der Waals surface area (Å²) >= 11 is 0. The molecule has 0 saturated carbocycles. The minimum absolute atomic E-state index is 0.0599. The number of likely N-dealkylation sites (N-methyl/N-ethyl adjacent to an activating group) is 1. The zero-order chi connectivity index (χ0) is 14.8. The van der Waals surface area contributed by atoms with Crippen LogP contribution in [0, 0.1) is 0 Å². The van der Waals surface area contributed by atoms with Crippen LogP contribution in [0.2, 0.25) is 0 Å². The van der Waals surface area contributed by atoms with Crippen LogP contribution in [0.25, 0.3) is 0 Å². The highest BCUT2D eigenvalue weighted by atomic mass is 16.2. The van der Waals surface area contributed by atoms with Gasteiger partial charge in [0.05, 0.1) is 6.04 Å². The Morgan fingerprint density at radius 2 is 1.95 bits per heavy atom. The molecule has 1 atom stereocenters. The molecule has 0 bridgehead atoms. The van der Waals surface area contributed by atoms with Crippen molar-refractivity contribution in [3.05, 3.63) is 48.3 Å². The summed E-state index contributed by atoms with van der Waals surface area (Å²) in [7, 11) is 4.06. The van der Waals surface area contributed by atoms with E-state index in [4.69, 9.17) is 0 Å². The van der Waals surface area contributed by atoms with Crippen molar-refractivity contribution in [2.45, 2.75) is 6.04 Å². The van der Waals surface area contributed by atoms with E-state index in [0.717, 1.165) is 18.9 Å². The van der Waals surface area contributed by atoms with Crippen molar-refractivity contribution < 1.29 is 4.79 Å². The number of aromatic nitrogens is 3. The number of rotatable bonds is 2. The molecule has 1 aliphatic rings. The molecule has 3 heterocycles. The van der Waals surface area contributed by atoms with Crippen LogP contribution in [0.1, 0.15) is 22.2 Å². The van der Waals surface area contributed by atoms with E-state index in [1.165, 1.54) is 0 Å². The maximum Gasteiger partial charge on any atom is 0.254 e. The fraction of sp³-hybridized carbons (Fsp3) is 0.400. The van der Waals surface area contributed by atoms with Crippen LogP contribution in [-0.2, 0) is 7.05 Å². The molecule has 0 radical (unpaired) electrons. The maximum absolute atomic E-state index is 12.6. The molecule has 0 N–H and O–H groups in total. The van der Waals surface area contributed by atoms with E-state index in [0.29, 0.717) is 12.1 Å². The summed E-state index contributed by atoms with van der Waals surface area (Å²) in [6.07, 6.45) is 7.04. The molecule has 1 aliphatic heterocycles. The molecule has 0 spiro atoms. The summed E-state index contributed by atoms with van der Waals surface area (Å²) in [6, 6.07) is 3.65. The van der Waals surface area contributed by atoms with Gasteiger partial charge < -0.3 is 9.47 Å². The lowest BCUT2D eigenvalue weighted by Gasteiger charge is -2.39. The third kappa shape index (κ3) is 2.67. The highest BCUT2D eigenvalue weighted by molar-refractivity contribution is 5.94. The average Bonchev–Trinajstić information content (AvgIpc) is 2.94. The number of hydrogen-bond acceptors (Lipinski definition) is 4. The lowest BCUT2D eigenvalue weighted by molar-refractivity contribution is 0.0528. The summed E-state index contributed by atoms with van der Waals surface area (Å²) in [5.74, 6) is 1.05. The summed E-state index contributed by atoms with van der Waals surface area (Å²) in [6.45, 7) is 2.23. The molecule has 21 heavy (non-hydrogen) atoms. The molecule has 2 aromatic rings. The van der Waals surface area contributed by atoms with Crippen LogP contribution in [0.5, 0.6) is 0 Å². The first-order valence-corrected chi connectivity index (χ1v) is 7.03. The number of aryl methyl sites for hydroxylation is 1. The zero-order valence-corrected chi connectivity index (χ0v) is 12.3. The third-order valence-electron chi connectivity index (χ3n) is 4.02. The fourth-order valence-corrected chi connectivity index (χ4v) is 2.71. The number of imidazole rings is 1. The van der Waals surface area contributed by atoms with Gasteiger partial charge in [-0.05, 0) is 19.2 Å². The van der Waals surface area contributed by atoms with Gasteiger partial charge in [0.15, 0.2) is 0 Å². The van der Waals surface area contributed by atoms with Crippen LogP contribution < -0.4 is 0 Å². The molecule has 1 saturated heterocycles. The van der Waals surface area contributed by atoms with E-state index < -0.39 is 0 Å². The molecular weight excluding hydrogens is 266 g/mol. The normalized spacial score (nSPS) is 19.7. The molecule has 6 heteroatoms.